The summed E-state index contributed by atoms with van der Waals surface area (Å²) in [7, 11) is 0. The van der Waals surface area contributed by atoms with Gasteiger partial charge in [-0.25, -0.2) is 4.98 Å². The zero-order valence-electron chi connectivity index (χ0n) is 12.4. The first-order valence-electron chi connectivity index (χ1n) is 7.04. The summed E-state index contributed by atoms with van der Waals surface area (Å²) in [5, 5.41) is 2.68. The van der Waals surface area contributed by atoms with Crippen LogP contribution in [0.5, 0.6) is 17.4 Å². The normalized spacial score (nSPS) is 10.1. The van der Waals surface area contributed by atoms with E-state index in [4.69, 9.17) is 15.2 Å². The molecule has 2 aromatic rings. The van der Waals surface area contributed by atoms with E-state index in [1.165, 1.54) is 0 Å². The summed E-state index contributed by atoms with van der Waals surface area (Å²) >= 11 is 0. The van der Waals surface area contributed by atoms with Crippen molar-refractivity contribution in [2.45, 2.75) is 13.5 Å². The van der Waals surface area contributed by atoms with Crippen LogP contribution in [0.3, 0.4) is 0 Å². The Balaban J connectivity index is 2.01. The van der Waals surface area contributed by atoms with Gasteiger partial charge in [0.05, 0.1) is 13.2 Å². The van der Waals surface area contributed by atoms with E-state index in [0.717, 1.165) is 5.56 Å². The van der Waals surface area contributed by atoms with Crippen LogP contribution in [0.15, 0.2) is 42.6 Å². The van der Waals surface area contributed by atoms with Gasteiger partial charge in [0, 0.05) is 18.8 Å². The van der Waals surface area contributed by atoms with E-state index >= 15 is 0 Å². The molecule has 0 bridgehead atoms. The molecular formula is C16H19N3O3. The maximum atomic E-state index is 11.1. The van der Waals surface area contributed by atoms with Gasteiger partial charge in [0.1, 0.15) is 0 Å². The number of nitrogens with zero attached hydrogens (tertiary/aromatic N) is 1. The Bertz CT molecular complexity index is 614. The number of amides is 1. The molecule has 0 aliphatic carbocycles. The van der Waals surface area contributed by atoms with E-state index in [1.807, 2.05) is 37.3 Å². The second-order valence-corrected chi connectivity index (χ2v) is 4.47. The number of pyridine rings is 1. The summed E-state index contributed by atoms with van der Waals surface area (Å²) < 4.78 is 11.2. The lowest BCUT2D eigenvalue weighted by atomic mass is 10.3. The number of rotatable bonds is 7. The Morgan fingerprint density at radius 2 is 2.00 bits per heavy atom. The quantitative estimate of drug-likeness (QED) is 0.815. The van der Waals surface area contributed by atoms with E-state index in [1.54, 1.807) is 12.3 Å². The summed E-state index contributed by atoms with van der Waals surface area (Å²) in [6, 6.07) is 11.0. The van der Waals surface area contributed by atoms with E-state index in [2.05, 4.69) is 10.3 Å². The molecular weight excluding hydrogens is 282 g/mol. The van der Waals surface area contributed by atoms with Gasteiger partial charge in [-0.05, 0) is 24.6 Å². The van der Waals surface area contributed by atoms with E-state index < -0.39 is 0 Å². The molecule has 1 aromatic carbocycles. The highest BCUT2D eigenvalue weighted by molar-refractivity contribution is 5.77. The molecule has 0 fully saturated rings. The zero-order chi connectivity index (χ0) is 15.8. The topological polar surface area (TPSA) is 86.5 Å². The van der Waals surface area contributed by atoms with E-state index in [0.29, 0.717) is 30.5 Å². The number of carbonyl (C=O) groups excluding carboxylic acids is 1. The summed E-state index contributed by atoms with van der Waals surface area (Å²) in [5.74, 6) is 1.54. The molecule has 0 radical (unpaired) electrons. The number of hydrogen-bond acceptors (Lipinski definition) is 5. The molecule has 0 saturated carbocycles. The molecule has 6 nitrogen and oxygen atoms in total. The largest absolute Gasteiger partial charge is 0.490 e. The van der Waals surface area contributed by atoms with Gasteiger partial charge in [-0.3, -0.25) is 4.79 Å². The maximum absolute atomic E-state index is 11.1. The first kappa shape index (κ1) is 15.8. The molecule has 116 valence electrons. The predicted octanol–water partition coefficient (Wildman–Crippen LogP) is 1.85. The van der Waals surface area contributed by atoms with Crippen molar-refractivity contribution in [2.75, 3.05) is 13.2 Å². The van der Waals surface area contributed by atoms with Crippen LogP contribution in [0, 0.1) is 0 Å². The molecule has 1 amide bonds. The molecule has 22 heavy (non-hydrogen) atoms. The molecule has 0 aliphatic heterocycles. The van der Waals surface area contributed by atoms with Crippen molar-refractivity contribution in [3.63, 3.8) is 0 Å². The molecule has 0 aliphatic rings. The predicted molar refractivity (Wildman–Crippen MR) is 82.8 cm³/mol. The fraction of sp³-hybridized carbons (Fsp3) is 0.250. The third-order valence-corrected chi connectivity index (χ3v) is 2.84. The lowest BCUT2D eigenvalue weighted by Crippen LogP contribution is -2.29. The Labute approximate surface area is 129 Å². The van der Waals surface area contributed by atoms with Gasteiger partial charge in [-0.1, -0.05) is 18.2 Å². The zero-order valence-corrected chi connectivity index (χ0v) is 12.4. The van der Waals surface area contributed by atoms with Gasteiger partial charge >= 0.3 is 0 Å². The van der Waals surface area contributed by atoms with Crippen molar-refractivity contribution in [3.8, 4) is 17.4 Å². The van der Waals surface area contributed by atoms with Crippen LogP contribution in [0.4, 0.5) is 0 Å². The number of hydrogen-bond donors (Lipinski definition) is 2. The van der Waals surface area contributed by atoms with Crippen LogP contribution in [0.2, 0.25) is 0 Å². The highest BCUT2D eigenvalue weighted by atomic mass is 16.5. The van der Waals surface area contributed by atoms with Gasteiger partial charge in [-0.2, -0.15) is 0 Å². The molecule has 3 N–H and O–H groups in total. The fourth-order valence-corrected chi connectivity index (χ4v) is 1.77. The minimum atomic E-state index is -0.203. The van der Waals surface area contributed by atoms with Gasteiger partial charge in [0.2, 0.25) is 11.8 Å². The number of benzene rings is 1. The van der Waals surface area contributed by atoms with Gasteiger partial charge in [0.25, 0.3) is 0 Å². The van der Waals surface area contributed by atoms with Gasteiger partial charge in [0.15, 0.2) is 11.5 Å². The number of aromatic nitrogens is 1. The molecule has 0 atom stereocenters. The van der Waals surface area contributed by atoms with Crippen LogP contribution in [0.1, 0.15) is 12.5 Å². The summed E-state index contributed by atoms with van der Waals surface area (Å²) in [4.78, 5) is 15.3. The maximum Gasteiger partial charge on any atom is 0.234 e. The van der Waals surface area contributed by atoms with Crippen molar-refractivity contribution in [1.82, 2.24) is 10.3 Å². The Morgan fingerprint density at radius 3 is 2.64 bits per heavy atom. The van der Waals surface area contributed by atoms with E-state index in [9.17, 15) is 4.79 Å². The third-order valence-electron chi connectivity index (χ3n) is 2.84. The Kier molecular flexibility index (Phi) is 5.73. The van der Waals surface area contributed by atoms with Crippen molar-refractivity contribution in [2.24, 2.45) is 5.73 Å². The van der Waals surface area contributed by atoms with Crippen LogP contribution >= 0.6 is 0 Å². The SMILES string of the molecule is CCOc1ccccc1Oc1ccc(CNC(=O)CN)cn1. The summed E-state index contributed by atoms with van der Waals surface area (Å²) in [6.07, 6.45) is 1.65. The van der Waals surface area contributed by atoms with E-state index in [-0.39, 0.29) is 12.5 Å². The van der Waals surface area contributed by atoms with Crippen LogP contribution in [-0.2, 0) is 11.3 Å². The molecule has 0 unspecified atom stereocenters. The minimum Gasteiger partial charge on any atom is -0.490 e. The molecule has 6 heteroatoms. The fourth-order valence-electron chi connectivity index (χ4n) is 1.77. The standard InChI is InChI=1S/C16H19N3O3/c1-2-21-13-5-3-4-6-14(13)22-16-8-7-12(11-19-16)10-18-15(20)9-17/h3-8,11H,2,9-10,17H2,1H3,(H,18,20). The van der Waals surface area contributed by atoms with Gasteiger partial charge in [-0.15, -0.1) is 0 Å². The second-order valence-electron chi connectivity index (χ2n) is 4.47. The van der Waals surface area contributed by atoms with Gasteiger partial charge < -0.3 is 20.5 Å². The lowest BCUT2D eigenvalue weighted by molar-refractivity contribution is -0.119. The molecule has 1 heterocycles. The number of para-hydroxylation sites is 2. The lowest BCUT2D eigenvalue weighted by Gasteiger charge is -2.11. The first-order chi connectivity index (χ1) is 10.7. The van der Waals surface area contributed by atoms with Crippen LogP contribution < -0.4 is 20.5 Å². The van der Waals surface area contributed by atoms with Crippen molar-refractivity contribution >= 4 is 5.91 Å². The van der Waals surface area contributed by atoms with Crippen LogP contribution in [0.25, 0.3) is 0 Å². The first-order valence-corrected chi connectivity index (χ1v) is 7.04. The number of nitrogens with two attached hydrogens (primary N) is 1. The molecule has 0 saturated heterocycles. The van der Waals surface area contributed by atoms with Crippen molar-refractivity contribution < 1.29 is 14.3 Å². The second kappa shape index (κ2) is 7.99. The number of carbonyl (C=O) groups is 1. The average Bonchev–Trinajstić information content (AvgIpc) is 2.56. The van der Waals surface area contributed by atoms with Crippen molar-refractivity contribution in [3.05, 3.63) is 48.2 Å². The molecule has 1 aromatic heterocycles. The monoisotopic (exact) mass is 301 g/mol. The Hall–Kier alpha value is -2.60. The van der Waals surface area contributed by atoms with Crippen LogP contribution in [-0.4, -0.2) is 24.0 Å². The molecule has 0 spiro atoms. The third kappa shape index (κ3) is 4.46. The number of nitrogens with one attached hydrogen (secondary N) is 1. The highest BCUT2D eigenvalue weighted by Gasteiger charge is 2.06. The summed E-state index contributed by atoms with van der Waals surface area (Å²) in [6.45, 7) is 2.84. The summed E-state index contributed by atoms with van der Waals surface area (Å²) in [5.41, 5.74) is 6.09. The smallest absolute Gasteiger partial charge is 0.234 e. The number of ether oxygens (including phenoxy) is 2. The molecule has 2 rings (SSSR count). The average molecular weight is 301 g/mol. The minimum absolute atomic E-state index is 0.0250. The Morgan fingerprint density at radius 1 is 1.23 bits per heavy atom. The highest BCUT2D eigenvalue weighted by Crippen LogP contribution is 2.30. The van der Waals surface area contributed by atoms with Crippen molar-refractivity contribution in [1.29, 1.82) is 0 Å².